The van der Waals surface area contributed by atoms with Crippen LogP contribution in [0.15, 0.2) is 0 Å². The summed E-state index contributed by atoms with van der Waals surface area (Å²) < 4.78 is 4.37. The monoisotopic (exact) mass is 218 g/mol. The summed E-state index contributed by atoms with van der Waals surface area (Å²) in [7, 11) is 1.20. The molecule has 6 nitrogen and oxygen atoms in total. The average molecular weight is 218 g/mol. The van der Waals surface area contributed by atoms with Crippen LogP contribution in [0.4, 0.5) is 4.79 Å². The van der Waals surface area contributed by atoms with Crippen LogP contribution in [0, 0.1) is 0 Å². The van der Waals surface area contributed by atoms with E-state index in [-0.39, 0.29) is 23.4 Å². The Morgan fingerprint density at radius 3 is 2.79 bits per heavy atom. The van der Waals surface area contributed by atoms with Crippen LogP contribution in [0.2, 0.25) is 0 Å². The number of amides is 2. The molecule has 0 aliphatic carbocycles. The molecule has 2 N–H and O–H groups in total. The standard InChI is InChI=1S/C7H10N2O4S/c1-13-6(11)4(8)2-9-5(10)3-14-7(9)12/h4H,2-3,8H2,1H3. The van der Waals surface area contributed by atoms with Crippen molar-refractivity contribution >= 4 is 28.9 Å². The number of nitrogens with zero attached hydrogens (tertiary/aromatic N) is 1. The van der Waals surface area contributed by atoms with Gasteiger partial charge in [0.25, 0.3) is 5.24 Å². The summed E-state index contributed by atoms with van der Waals surface area (Å²) in [5, 5.41) is -0.366. The zero-order valence-electron chi connectivity index (χ0n) is 7.56. The summed E-state index contributed by atoms with van der Waals surface area (Å²) in [5.74, 6) is -0.839. The largest absolute Gasteiger partial charge is 0.468 e. The SMILES string of the molecule is COC(=O)C(N)CN1C(=O)CSC1=O. The third kappa shape index (κ3) is 2.24. The summed E-state index contributed by atoms with van der Waals surface area (Å²) in [6, 6.07) is -0.966. The fourth-order valence-electron chi connectivity index (χ4n) is 0.980. The molecule has 0 aromatic heterocycles. The van der Waals surface area contributed by atoms with E-state index in [0.717, 1.165) is 16.7 Å². The summed E-state index contributed by atoms with van der Waals surface area (Å²) in [5.41, 5.74) is 5.40. The van der Waals surface area contributed by atoms with E-state index in [0.29, 0.717) is 0 Å². The van der Waals surface area contributed by atoms with Crippen LogP contribution < -0.4 is 5.73 Å². The molecule has 0 radical (unpaired) electrons. The van der Waals surface area contributed by atoms with Crippen molar-refractivity contribution in [2.24, 2.45) is 5.73 Å². The molecular weight excluding hydrogens is 208 g/mol. The number of imide groups is 1. The van der Waals surface area contributed by atoms with Crippen LogP contribution in [0.1, 0.15) is 0 Å². The van der Waals surface area contributed by atoms with Crippen LogP contribution >= 0.6 is 11.8 Å². The maximum Gasteiger partial charge on any atom is 0.324 e. The number of carbonyl (C=O) groups excluding carboxylic acids is 3. The predicted octanol–water partition coefficient (Wildman–Crippen LogP) is -0.818. The Labute approximate surface area is 84.7 Å². The van der Waals surface area contributed by atoms with Gasteiger partial charge in [-0.15, -0.1) is 0 Å². The number of esters is 1. The van der Waals surface area contributed by atoms with Gasteiger partial charge in [0.05, 0.1) is 19.4 Å². The van der Waals surface area contributed by atoms with Crippen molar-refractivity contribution in [2.45, 2.75) is 6.04 Å². The molecule has 1 atom stereocenters. The number of ether oxygens (including phenoxy) is 1. The van der Waals surface area contributed by atoms with E-state index < -0.39 is 12.0 Å². The average Bonchev–Trinajstić information content (AvgIpc) is 2.48. The summed E-state index contributed by atoms with van der Waals surface area (Å²) >= 11 is 0.905. The summed E-state index contributed by atoms with van der Waals surface area (Å²) in [6.45, 7) is -0.114. The Hall–Kier alpha value is -1.08. The van der Waals surface area contributed by atoms with Crippen LogP contribution in [-0.2, 0) is 14.3 Å². The molecule has 14 heavy (non-hydrogen) atoms. The van der Waals surface area contributed by atoms with Crippen molar-refractivity contribution in [3.05, 3.63) is 0 Å². The Morgan fingerprint density at radius 2 is 2.36 bits per heavy atom. The maximum atomic E-state index is 11.1. The van der Waals surface area contributed by atoms with E-state index in [9.17, 15) is 14.4 Å². The minimum Gasteiger partial charge on any atom is -0.468 e. The molecule has 0 aromatic rings. The molecule has 1 fully saturated rings. The van der Waals surface area contributed by atoms with Gasteiger partial charge in [-0.05, 0) is 0 Å². The van der Waals surface area contributed by atoms with Crippen LogP contribution in [0.5, 0.6) is 0 Å². The lowest BCUT2D eigenvalue weighted by Gasteiger charge is -2.16. The maximum absolute atomic E-state index is 11.1. The molecule has 1 saturated heterocycles. The van der Waals surface area contributed by atoms with Crippen LogP contribution in [0.25, 0.3) is 0 Å². The van der Waals surface area contributed by atoms with Gasteiger partial charge in [-0.3, -0.25) is 19.3 Å². The van der Waals surface area contributed by atoms with Gasteiger partial charge in [0.1, 0.15) is 6.04 Å². The molecule has 1 unspecified atom stereocenters. The number of methoxy groups -OCH3 is 1. The van der Waals surface area contributed by atoms with Crippen molar-refractivity contribution < 1.29 is 19.1 Å². The van der Waals surface area contributed by atoms with Crippen molar-refractivity contribution in [1.29, 1.82) is 0 Å². The highest BCUT2D eigenvalue weighted by molar-refractivity contribution is 8.14. The second kappa shape index (κ2) is 4.43. The van der Waals surface area contributed by atoms with Gasteiger partial charge in [-0.25, -0.2) is 0 Å². The van der Waals surface area contributed by atoms with Crippen molar-refractivity contribution in [1.82, 2.24) is 4.90 Å². The van der Waals surface area contributed by atoms with Crippen molar-refractivity contribution in [2.75, 3.05) is 19.4 Å². The van der Waals surface area contributed by atoms with Gasteiger partial charge in [-0.1, -0.05) is 11.8 Å². The first-order valence-electron chi connectivity index (χ1n) is 3.86. The lowest BCUT2D eigenvalue weighted by molar-refractivity contribution is -0.142. The third-order valence-corrected chi connectivity index (χ3v) is 2.58. The topological polar surface area (TPSA) is 89.7 Å². The van der Waals surface area contributed by atoms with Crippen molar-refractivity contribution in [3.63, 3.8) is 0 Å². The lowest BCUT2D eigenvalue weighted by Crippen LogP contribution is -2.45. The van der Waals surface area contributed by atoms with Gasteiger partial charge in [0.2, 0.25) is 5.91 Å². The smallest absolute Gasteiger partial charge is 0.324 e. The Balaban J connectivity index is 2.55. The fraction of sp³-hybridized carbons (Fsp3) is 0.571. The second-order valence-corrected chi connectivity index (χ2v) is 3.62. The highest BCUT2D eigenvalue weighted by Crippen LogP contribution is 2.18. The number of hydrogen-bond acceptors (Lipinski definition) is 6. The van der Waals surface area contributed by atoms with Gasteiger partial charge < -0.3 is 10.5 Å². The zero-order chi connectivity index (χ0) is 10.7. The molecule has 1 heterocycles. The molecule has 7 heteroatoms. The van der Waals surface area contributed by atoms with E-state index in [1.807, 2.05) is 0 Å². The molecule has 1 aliphatic rings. The number of nitrogens with two attached hydrogens (primary N) is 1. The first kappa shape index (κ1) is 11.0. The molecule has 1 rings (SSSR count). The van der Waals surface area contributed by atoms with Crippen LogP contribution in [-0.4, -0.2) is 47.5 Å². The minimum absolute atomic E-state index is 0.114. The van der Waals surface area contributed by atoms with E-state index >= 15 is 0 Å². The first-order chi connectivity index (χ1) is 6.56. The molecule has 2 amide bonds. The molecule has 0 spiro atoms. The van der Waals surface area contributed by atoms with Crippen molar-refractivity contribution in [3.8, 4) is 0 Å². The molecular formula is C7H10N2O4S. The van der Waals surface area contributed by atoms with Gasteiger partial charge in [0, 0.05) is 0 Å². The van der Waals surface area contributed by atoms with Gasteiger partial charge >= 0.3 is 5.97 Å². The Kier molecular flexibility index (Phi) is 3.48. The molecule has 0 aromatic carbocycles. The van der Waals surface area contributed by atoms with Gasteiger partial charge in [0.15, 0.2) is 0 Å². The normalized spacial score (nSPS) is 18.6. The van der Waals surface area contributed by atoms with E-state index in [2.05, 4.69) is 4.74 Å². The van der Waals surface area contributed by atoms with E-state index in [4.69, 9.17) is 5.73 Å². The summed E-state index contributed by atoms with van der Waals surface area (Å²) in [6.07, 6.45) is 0. The number of rotatable bonds is 3. The number of carbonyl (C=O) groups is 3. The highest BCUT2D eigenvalue weighted by atomic mass is 32.2. The number of hydrogen-bond donors (Lipinski definition) is 1. The minimum atomic E-state index is -0.966. The number of thioether (sulfide) groups is 1. The van der Waals surface area contributed by atoms with E-state index in [1.54, 1.807) is 0 Å². The lowest BCUT2D eigenvalue weighted by atomic mass is 10.3. The molecule has 0 saturated carbocycles. The quantitative estimate of drug-likeness (QED) is 0.622. The van der Waals surface area contributed by atoms with Crippen LogP contribution in [0.3, 0.4) is 0 Å². The predicted molar refractivity (Wildman–Crippen MR) is 49.6 cm³/mol. The zero-order valence-corrected chi connectivity index (χ0v) is 8.37. The Bertz CT molecular complexity index is 265. The Morgan fingerprint density at radius 1 is 1.71 bits per heavy atom. The first-order valence-corrected chi connectivity index (χ1v) is 4.85. The van der Waals surface area contributed by atoms with E-state index in [1.165, 1.54) is 7.11 Å². The third-order valence-electron chi connectivity index (χ3n) is 1.72. The molecule has 1 aliphatic heterocycles. The molecule has 0 bridgehead atoms. The molecule has 78 valence electrons. The summed E-state index contributed by atoms with van der Waals surface area (Å²) in [4.78, 5) is 34.1. The highest BCUT2D eigenvalue weighted by Gasteiger charge is 2.32. The van der Waals surface area contributed by atoms with Gasteiger partial charge in [-0.2, -0.15) is 0 Å². The fourth-order valence-corrected chi connectivity index (χ4v) is 1.72. The second-order valence-electron chi connectivity index (χ2n) is 2.69.